The lowest BCUT2D eigenvalue weighted by Crippen LogP contribution is -1.97. The van der Waals surface area contributed by atoms with Crippen LogP contribution in [0.1, 0.15) is 20.9 Å². The van der Waals surface area contributed by atoms with Crippen LogP contribution in [0.4, 0.5) is 0 Å². The Morgan fingerprint density at radius 3 is 2.40 bits per heavy atom. The van der Waals surface area contributed by atoms with Crippen LogP contribution in [0, 0.1) is 0 Å². The molecule has 0 fully saturated rings. The van der Waals surface area contributed by atoms with E-state index in [2.05, 4.69) is 4.98 Å². The number of Topliss-reactive ketones (excluding diaryl/α,β-unsaturated/α-hetero) is 1. The number of carbonyl (C=O) groups excluding carboxylic acids is 1. The Bertz CT molecular complexity index is 859. The minimum atomic E-state index is -0.155. The number of allylic oxidation sites excluding steroid dienone is 1. The van der Waals surface area contributed by atoms with E-state index < -0.39 is 0 Å². The fraction of sp³-hybridized carbons (Fsp3) is 0. The monoisotopic (exact) mass is 279 g/mol. The summed E-state index contributed by atoms with van der Waals surface area (Å²) in [5, 5.41) is 10.9. The number of para-hydroxylation sites is 1. The van der Waals surface area contributed by atoms with E-state index in [1.807, 2.05) is 30.3 Å². The number of rotatable bonds is 1. The van der Waals surface area contributed by atoms with E-state index in [0.717, 1.165) is 10.2 Å². The zero-order chi connectivity index (χ0) is 13.7. The van der Waals surface area contributed by atoms with Crippen LogP contribution in [0.15, 0.2) is 48.5 Å². The Balaban J connectivity index is 1.95. The minimum absolute atomic E-state index is 0.0321. The van der Waals surface area contributed by atoms with Crippen molar-refractivity contribution >= 4 is 38.7 Å². The summed E-state index contributed by atoms with van der Waals surface area (Å²) >= 11 is 1.42. The number of aliphatic hydroxyl groups is 1. The summed E-state index contributed by atoms with van der Waals surface area (Å²) in [7, 11) is 0. The molecular weight excluding hydrogens is 270 g/mol. The molecule has 96 valence electrons. The first-order chi connectivity index (χ1) is 9.75. The van der Waals surface area contributed by atoms with E-state index >= 15 is 0 Å². The number of hydrogen-bond acceptors (Lipinski definition) is 4. The van der Waals surface area contributed by atoms with E-state index in [1.165, 1.54) is 11.3 Å². The summed E-state index contributed by atoms with van der Waals surface area (Å²) in [4.78, 5) is 16.9. The van der Waals surface area contributed by atoms with Crippen molar-refractivity contribution in [2.75, 3.05) is 0 Å². The maximum Gasteiger partial charge on any atom is 0.200 e. The van der Waals surface area contributed by atoms with Crippen molar-refractivity contribution in [2.24, 2.45) is 0 Å². The van der Waals surface area contributed by atoms with Gasteiger partial charge in [-0.15, -0.1) is 11.3 Å². The Hall–Kier alpha value is -2.46. The van der Waals surface area contributed by atoms with Crippen molar-refractivity contribution < 1.29 is 9.90 Å². The third-order valence-electron chi connectivity index (χ3n) is 3.40. The average Bonchev–Trinajstić information content (AvgIpc) is 3.00. The fourth-order valence-electron chi connectivity index (χ4n) is 2.44. The van der Waals surface area contributed by atoms with E-state index in [0.29, 0.717) is 21.7 Å². The molecule has 0 spiro atoms. The van der Waals surface area contributed by atoms with Gasteiger partial charge in [0, 0.05) is 11.1 Å². The van der Waals surface area contributed by atoms with Gasteiger partial charge in [0.25, 0.3) is 0 Å². The highest BCUT2D eigenvalue weighted by molar-refractivity contribution is 7.20. The highest BCUT2D eigenvalue weighted by atomic mass is 32.1. The van der Waals surface area contributed by atoms with Gasteiger partial charge in [0.05, 0.1) is 10.2 Å². The van der Waals surface area contributed by atoms with Crippen LogP contribution in [0.25, 0.3) is 21.5 Å². The molecule has 3 nitrogen and oxygen atoms in total. The van der Waals surface area contributed by atoms with Gasteiger partial charge in [-0.05, 0) is 12.1 Å². The molecule has 1 aliphatic carbocycles. The molecule has 0 radical (unpaired) electrons. The second kappa shape index (κ2) is 4.02. The molecule has 1 N–H and O–H groups in total. The molecule has 1 aromatic heterocycles. The lowest BCUT2D eigenvalue weighted by Gasteiger charge is -1.95. The van der Waals surface area contributed by atoms with Crippen LogP contribution >= 0.6 is 11.3 Å². The predicted molar refractivity (Wildman–Crippen MR) is 79.8 cm³/mol. The zero-order valence-corrected chi connectivity index (χ0v) is 11.1. The maximum absolute atomic E-state index is 12.4. The molecule has 0 bridgehead atoms. The standard InChI is InChI=1S/C16H9NO2S/c18-14-9-5-1-2-6-10(9)15(19)13(14)16-17-11-7-3-4-8-12(11)20-16/h1-8,18H. The molecule has 0 saturated heterocycles. The predicted octanol–water partition coefficient (Wildman–Crippen LogP) is 3.92. The second-order valence-electron chi connectivity index (χ2n) is 4.59. The molecule has 0 amide bonds. The van der Waals surface area contributed by atoms with Crippen molar-refractivity contribution in [3.63, 3.8) is 0 Å². The SMILES string of the molecule is O=C1C(c2nc3ccccc3s2)=C(O)c2ccccc21. The van der Waals surface area contributed by atoms with Gasteiger partial charge < -0.3 is 5.11 Å². The van der Waals surface area contributed by atoms with Gasteiger partial charge in [0.1, 0.15) is 16.3 Å². The Morgan fingerprint density at radius 1 is 0.950 bits per heavy atom. The quantitative estimate of drug-likeness (QED) is 0.734. The molecule has 20 heavy (non-hydrogen) atoms. The molecule has 0 saturated carbocycles. The molecule has 0 aliphatic heterocycles. The zero-order valence-electron chi connectivity index (χ0n) is 10.3. The van der Waals surface area contributed by atoms with Gasteiger partial charge in [-0.3, -0.25) is 4.79 Å². The lowest BCUT2D eigenvalue weighted by atomic mass is 10.1. The van der Waals surface area contributed by atoms with Crippen LogP contribution in [-0.2, 0) is 0 Å². The van der Waals surface area contributed by atoms with Crippen LogP contribution < -0.4 is 0 Å². The Labute approximate surface area is 118 Å². The van der Waals surface area contributed by atoms with Crippen LogP contribution in [0.2, 0.25) is 0 Å². The number of nitrogens with zero attached hydrogens (tertiary/aromatic N) is 1. The molecule has 0 unspecified atom stereocenters. The summed E-state index contributed by atoms with van der Waals surface area (Å²) in [6.45, 7) is 0. The van der Waals surface area contributed by atoms with Gasteiger partial charge >= 0.3 is 0 Å². The van der Waals surface area contributed by atoms with Crippen molar-refractivity contribution in [3.8, 4) is 0 Å². The maximum atomic E-state index is 12.4. The number of ketones is 1. The van der Waals surface area contributed by atoms with Crippen LogP contribution in [0.3, 0.4) is 0 Å². The largest absolute Gasteiger partial charge is 0.506 e. The van der Waals surface area contributed by atoms with Gasteiger partial charge in [-0.2, -0.15) is 0 Å². The Morgan fingerprint density at radius 2 is 1.65 bits per heavy atom. The first-order valence-electron chi connectivity index (χ1n) is 6.19. The van der Waals surface area contributed by atoms with E-state index in [1.54, 1.807) is 18.2 Å². The molecule has 0 atom stereocenters. The fourth-order valence-corrected chi connectivity index (χ4v) is 3.45. The van der Waals surface area contributed by atoms with Crippen molar-refractivity contribution in [2.45, 2.75) is 0 Å². The third-order valence-corrected chi connectivity index (χ3v) is 4.45. The molecule has 1 aliphatic rings. The van der Waals surface area contributed by atoms with Gasteiger partial charge in [0.2, 0.25) is 5.78 Å². The van der Waals surface area contributed by atoms with Crippen molar-refractivity contribution in [3.05, 3.63) is 64.7 Å². The summed E-state index contributed by atoms with van der Waals surface area (Å²) in [5.74, 6) is -0.123. The van der Waals surface area contributed by atoms with Crippen molar-refractivity contribution in [1.82, 2.24) is 4.98 Å². The second-order valence-corrected chi connectivity index (χ2v) is 5.62. The van der Waals surface area contributed by atoms with Gasteiger partial charge in [-0.1, -0.05) is 36.4 Å². The number of aliphatic hydroxyl groups excluding tert-OH is 1. The molecule has 4 heteroatoms. The minimum Gasteiger partial charge on any atom is -0.506 e. The summed E-state index contributed by atoms with van der Waals surface area (Å²) < 4.78 is 1.01. The third kappa shape index (κ3) is 1.45. The Kier molecular flexibility index (Phi) is 2.28. The van der Waals surface area contributed by atoms with Crippen LogP contribution in [0.5, 0.6) is 0 Å². The molecule has 3 aromatic rings. The molecule has 1 heterocycles. The molecular formula is C16H9NO2S. The smallest absolute Gasteiger partial charge is 0.200 e. The number of benzene rings is 2. The van der Waals surface area contributed by atoms with E-state index in [-0.39, 0.29) is 11.5 Å². The first-order valence-corrected chi connectivity index (χ1v) is 7.00. The van der Waals surface area contributed by atoms with E-state index in [4.69, 9.17) is 0 Å². The molecule has 4 rings (SSSR count). The highest BCUT2D eigenvalue weighted by Gasteiger charge is 2.32. The van der Waals surface area contributed by atoms with Gasteiger partial charge in [0.15, 0.2) is 0 Å². The summed E-state index contributed by atoms with van der Waals surface area (Å²) in [6, 6.07) is 14.8. The van der Waals surface area contributed by atoms with E-state index in [9.17, 15) is 9.90 Å². The number of carbonyl (C=O) groups is 1. The summed E-state index contributed by atoms with van der Waals surface area (Å²) in [5.41, 5.74) is 2.29. The number of thiazole rings is 1. The number of fused-ring (bicyclic) bond motifs is 2. The highest BCUT2D eigenvalue weighted by Crippen LogP contribution is 2.39. The average molecular weight is 279 g/mol. The number of aromatic nitrogens is 1. The topological polar surface area (TPSA) is 50.2 Å². The van der Waals surface area contributed by atoms with Crippen molar-refractivity contribution in [1.29, 1.82) is 0 Å². The number of hydrogen-bond donors (Lipinski definition) is 1. The normalized spacial score (nSPS) is 14.1. The summed E-state index contributed by atoms with van der Waals surface area (Å²) in [6.07, 6.45) is 0. The van der Waals surface area contributed by atoms with Gasteiger partial charge in [-0.25, -0.2) is 4.98 Å². The lowest BCUT2D eigenvalue weighted by molar-refractivity contribution is 0.105. The first kappa shape index (κ1) is 11.4. The van der Waals surface area contributed by atoms with Crippen LogP contribution in [-0.4, -0.2) is 15.9 Å². The molecule has 2 aromatic carbocycles.